The highest BCUT2D eigenvalue weighted by Gasteiger charge is 2.35. The van der Waals surface area contributed by atoms with Gasteiger partial charge in [-0.1, -0.05) is 0 Å². The highest BCUT2D eigenvalue weighted by molar-refractivity contribution is 5.85. The van der Waals surface area contributed by atoms with Crippen LogP contribution in [0.4, 0.5) is 30.7 Å². The molecule has 25 heavy (non-hydrogen) atoms. The quantitative estimate of drug-likeness (QED) is 0.753. The molecule has 1 heterocycles. The Labute approximate surface area is 146 Å². The summed E-state index contributed by atoms with van der Waals surface area (Å²) in [6.45, 7) is 1.81. The molecule has 0 amide bonds. The molecule has 0 bridgehead atoms. The van der Waals surface area contributed by atoms with Gasteiger partial charge in [0, 0.05) is 38.6 Å². The van der Waals surface area contributed by atoms with Gasteiger partial charge in [0.05, 0.1) is 5.56 Å². The van der Waals surface area contributed by atoms with E-state index in [0.717, 1.165) is 12.1 Å². The van der Waals surface area contributed by atoms with Crippen molar-refractivity contribution in [2.75, 3.05) is 26.2 Å². The van der Waals surface area contributed by atoms with Crippen molar-refractivity contribution in [3.63, 3.8) is 0 Å². The number of rotatable bonds is 4. The summed E-state index contributed by atoms with van der Waals surface area (Å²) in [7, 11) is 0. The van der Waals surface area contributed by atoms with E-state index in [-0.39, 0.29) is 18.0 Å². The second-order valence-corrected chi connectivity index (χ2v) is 5.73. The van der Waals surface area contributed by atoms with E-state index >= 15 is 0 Å². The molecule has 1 atom stereocenters. The highest BCUT2D eigenvalue weighted by atomic mass is 35.5. The average Bonchev–Trinajstić information content (AvgIpc) is 2.46. The number of nitrogens with zero attached hydrogens (tertiary/aromatic N) is 1. The van der Waals surface area contributed by atoms with Crippen molar-refractivity contribution in [3.8, 4) is 0 Å². The lowest BCUT2D eigenvalue weighted by molar-refractivity contribution is -0.140. The van der Waals surface area contributed by atoms with Gasteiger partial charge in [-0.05, 0) is 30.2 Å². The van der Waals surface area contributed by atoms with Gasteiger partial charge in [-0.15, -0.1) is 12.4 Å². The van der Waals surface area contributed by atoms with Gasteiger partial charge in [-0.3, -0.25) is 4.90 Å². The van der Waals surface area contributed by atoms with E-state index in [0.29, 0.717) is 32.2 Å². The van der Waals surface area contributed by atoms with Crippen LogP contribution in [0.15, 0.2) is 18.2 Å². The van der Waals surface area contributed by atoms with Crippen molar-refractivity contribution >= 4 is 12.4 Å². The summed E-state index contributed by atoms with van der Waals surface area (Å²) < 4.78 is 89.9. The third-order valence-electron chi connectivity index (χ3n) is 3.93. The molecule has 1 aromatic rings. The van der Waals surface area contributed by atoms with Crippen LogP contribution in [0.3, 0.4) is 0 Å². The van der Waals surface area contributed by atoms with Crippen LogP contribution in [0.2, 0.25) is 0 Å². The summed E-state index contributed by atoms with van der Waals surface area (Å²) in [5, 5.41) is 3.02. The molecule has 2 nitrogen and oxygen atoms in total. The van der Waals surface area contributed by atoms with E-state index in [1.54, 1.807) is 4.90 Å². The van der Waals surface area contributed by atoms with Crippen molar-refractivity contribution in [3.05, 3.63) is 35.1 Å². The minimum Gasteiger partial charge on any atom is -0.314 e. The van der Waals surface area contributed by atoms with Gasteiger partial charge < -0.3 is 5.32 Å². The second-order valence-electron chi connectivity index (χ2n) is 5.73. The summed E-state index contributed by atoms with van der Waals surface area (Å²) in [5.41, 5.74) is -1.27. The maximum atomic E-state index is 13.6. The minimum atomic E-state index is -4.76. The first-order chi connectivity index (χ1) is 11.1. The molecule has 144 valence electrons. The highest BCUT2D eigenvalue weighted by Crippen LogP contribution is 2.36. The number of hydrogen-bond donors (Lipinski definition) is 1. The zero-order valence-electron chi connectivity index (χ0n) is 13.1. The predicted molar refractivity (Wildman–Crippen MR) is 81.1 cm³/mol. The number of halogens is 8. The number of hydrogen-bond acceptors (Lipinski definition) is 2. The van der Waals surface area contributed by atoms with Gasteiger partial charge >= 0.3 is 12.4 Å². The van der Waals surface area contributed by atoms with E-state index in [9.17, 15) is 30.7 Å². The molecule has 0 aliphatic carbocycles. The summed E-state index contributed by atoms with van der Waals surface area (Å²) in [5.74, 6) is -1.10. The molecule has 1 fully saturated rings. The van der Waals surface area contributed by atoms with Gasteiger partial charge in [0.1, 0.15) is 5.82 Å². The zero-order valence-corrected chi connectivity index (χ0v) is 13.9. The number of benzene rings is 1. The molecule has 1 aliphatic rings. The Balaban J connectivity index is 0.00000312. The fourth-order valence-corrected chi connectivity index (χ4v) is 2.82. The first kappa shape index (κ1) is 22.0. The minimum absolute atomic E-state index is 0. The molecule has 1 aromatic carbocycles. The van der Waals surface area contributed by atoms with Crippen LogP contribution in [-0.4, -0.2) is 37.3 Å². The molecular formula is C15H18ClF7N2. The largest absolute Gasteiger partial charge is 0.416 e. The summed E-state index contributed by atoms with van der Waals surface area (Å²) in [6, 6.07) is 1.07. The van der Waals surface area contributed by atoms with Crippen molar-refractivity contribution in [1.82, 2.24) is 10.2 Å². The molecule has 10 heteroatoms. The van der Waals surface area contributed by atoms with Crippen LogP contribution in [0.1, 0.15) is 30.0 Å². The van der Waals surface area contributed by atoms with E-state index in [1.165, 1.54) is 0 Å². The molecule has 0 radical (unpaired) electrons. The third kappa shape index (κ3) is 6.63. The van der Waals surface area contributed by atoms with E-state index < -0.39 is 42.6 Å². The Morgan fingerprint density at radius 2 is 1.60 bits per heavy atom. The summed E-state index contributed by atoms with van der Waals surface area (Å²) >= 11 is 0. The molecule has 1 aliphatic heterocycles. The average molecular weight is 395 g/mol. The molecule has 0 unspecified atom stereocenters. The Bertz CT molecular complexity index is 554. The Morgan fingerprint density at radius 1 is 1.00 bits per heavy atom. The number of alkyl halides is 6. The lowest BCUT2D eigenvalue weighted by atomic mass is 9.97. The molecular weight excluding hydrogens is 377 g/mol. The zero-order chi connectivity index (χ0) is 18.0. The fourth-order valence-electron chi connectivity index (χ4n) is 2.82. The SMILES string of the molecule is Cl.Fc1cc([C@H](CCC(F)(F)F)N2CCNCC2)cc(C(F)(F)F)c1. The maximum Gasteiger partial charge on any atom is 0.416 e. The van der Waals surface area contributed by atoms with E-state index in [4.69, 9.17) is 0 Å². The van der Waals surface area contributed by atoms with E-state index in [2.05, 4.69) is 5.32 Å². The third-order valence-corrected chi connectivity index (χ3v) is 3.93. The molecule has 1 saturated heterocycles. The van der Waals surface area contributed by atoms with Crippen LogP contribution < -0.4 is 5.32 Å². The van der Waals surface area contributed by atoms with Gasteiger partial charge in [0.2, 0.25) is 0 Å². The molecule has 0 aromatic heterocycles. The number of nitrogens with one attached hydrogen (secondary N) is 1. The van der Waals surface area contributed by atoms with Crippen LogP contribution in [0.5, 0.6) is 0 Å². The lowest BCUT2D eigenvalue weighted by Crippen LogP contribution is -2.45. The number of piperazine rings is 1. The molecule has 2 rings (SSSR count). The predicted octanol–water partition coefficient (Wildman–Crippen LogP) is 4.56. The van der Waals surface area contributed by atoms with Gasteiger partial charge in [-0.2, -0.15) is 26.3 Å². The normalized spacial score (nSPS) is 17.9. The maximum absolute atomic E-state index is 13.6. The Hall–Kier alpha value is -1.06. The van der Waals surface area contributed by atoms with Gasteiger partial charge in [0.25, 0.3) is 0 Å². The standard InChI is InChI=1S/C15H17F7N2.ClH/c16-12-8-10(7-11(9-12)15(20,21)22)13(1-2-14(17,18)19)24-5-3-23-4-6-24;/h7-9,13,23H,1-6H2;1H/t13-;/m0./s1. The topological polar surface area (TPSA) is 15.3 Å². The monoisotopic (exact) mass is 394 g/mol. The van der Waals surface area contributed by atoms with Crippen LogP contribution in [-0.2, 0) is 6.18 Å². The molecule has 0 spiro atoms. The van der Waals surface area contributed by atoms with Gasteiger partial charge in [0.15, 0.2) is 0 Å². The molecule has 0 saturated carbocycles. The first-order valence-corrected chi connectivity index (χ1v) is 7.45. The van der Waals surface area contributed by atoms with Gasteiger partial charge in [-0.25, -0.2) is 4.39 Å². The first-order valence-electron chi connectivity index (χ1n) is 7.45. The van der Waals surface area contributed by atoms with Crippen LogP contribution in [0, 0.1) is 5.82 Å². The van der Waals surface area contributed by atoms with Crippen LogP contribution >= 0.6 is 12.4 Å². The second kappa shape index (κ2) is 8.55. The Kier molecular flexibility index (Phi) is 7.52. The van der Waals surface area contributed by atoms with Crippen molar-refractivity contribution in [1.29, 1.82) is 0 Å². The summed E-state index contributed by atoms with van der Waals surface area (Å²) in [4.78, 5) is 1.66. The van der Waals surface area contributed by atoms with E-state index in [1.807, 2.05) is 0 Å². The Morgan fingerprint density at radius 3 is 2.12 bits per heavy atom. The molecule has 1 N–H and O–H groups in total. The summed E-state index contributed by atoms with van der Waals surface area (Å²) in [6.07, 6.45) is -10.7. The van der Waals surface area contributed by atoms with Crippen molar-refractivity contribution in [2.45, 2.75) is 31.2 Å². The smallest absolute Gasteiger partial charge is 0.314 e. The van der Waals surface area contributed by atoms with Crippen molar-refractivity contribution < 1.29 is 30.7 Å². The lowest BCUT2D eigenvalue weighted by Gasteiger charge is -2.35. The van der Waals surface area contributed by atoms with Crippen LogP contribution in [0.25, 0.3) is 0 Å². The van der Waals surface area contributed by atoms with Crippen molar-refractivity contribution in [2.24, 2.45) is 0 Å². The fraction of sp³-hybridized carbons (Fsp3) is 0.600.